The van der Waals surface area contributed by atoms with E-state index in [4.69, 9.17) is 59.4 Å². The second-order valence-electron chi connectivity index (χ2n) is 23.3. The summed E-state index contributed by atoms with van der Waals surface area (Å²) >= 11 is 0. The number of quaternary nitrogens is 2. The molecule has 1 aliphatic heterocycles. The summed E-state index contributed by atoms with van der Waals surface area (Å²) in [4.78, 5) is 23.2. The summed E-state index contributed by atoms with van der Waals surface area (Å²) in [6.07, 6.45) is 3.06. The van der Waals surface area contributed by atoms with Gasteiger partial charge < -0.3 is 124 Å². The first kappa shape index (κ1) is 93.5. The molecule has 15 unspecified atom stereocenters. The third kappa shape index (κ3) is 44.8. The quantitative estimate of drug-likeness (QED) is 0.0123. The standard InChI is InChI=1S/C20H42N2O5.C10H20N2O.C10H19O4.2C10H22O4.2ClH.2H2/c1-7-17(12-23)19(13-24)27-18(8-2)15-26-14-16(3)20(25)21-10-9-11-22(4,5)6;1-9(2)10(13)11-7-6-8-12(3,4)5;1-3-6-8(5-11)14-7(4-2)10(13)9(6)12;2*1-3-8(5-11)10(7-13)14-9(4-2)6-12;;;;/h16-19,23-24H,7-15H2,1-6H3;1,6-8H2,2-5H3;6-13H,2-5H2,1H3;2*8-13H,3-7H2,1-2H3;4*1H/q;;+1;;;;;;/p+2/i;;;;;;;2*1+1. The smallest absolute Gasteiger partial charge is 1.00 e. The van der Waals surface area contributed by atoms with Gasteiger partial charge in [0.15, 0.2) is 0 Å². The van der Waals surface area contributed by atoms with Crippen LogP contribution >= 0.6 is 0 Å². The minimum absolute atomic E-state index is 0. The van der Waals surface area contributed by atoms with Crippen molar-refractivity contribution in [3.63, 3.8) is 0 Å². The van der Waals surface area contributed by atoms with E-state index in [0.717, 1.165) is 67.1 Å². The van der Waals surface area contributed by atoms with Crippen molar-refractivity contribution in [1.82, 2.24) is 10.6 Å². The van der Waals surface area contributed by atoms with Crippen LogP contribution in [0, 0.1) is 36.5 Å². The summed E-state index contributed by atoms with van der Waals surface area (Å²) in [5.74, 6) is -0.646. The molecule has 15 atom stereocenters. The Morgan fingerprint density at radius 3 is 1.25 bits per heavy atom. The molecule has 0 radical (unpaired) electrons. The van der Waals surface area contributed by atoms with Crippen LogP contribution in [0.5, 0.6) is 0 Å². The molecule has 0 aromatic carbocycles. The van der Waals surface area contributed by atoms with E-state index in [0.29, 0.717) is 51.0 Å². The number of hydrogen-bond acceptors (Lipinski definition) is 18. The first-order valence-electron chi connectivity index (χ1n) is 30.3. The van der Waals surface area contributed by atoms with Crippen LogP contribution in [0.4, 0.5) is 0 Å². The highest BCUT2D eigenvalue weighted by Gasteiger charge is 2.43. The number of amides is 2. The van der Waals surface area contributed by atoms with E-state index in [-0.39, 0.29) is 168 Å². The molecular weight excluding hydrogens is 1140 g/mol. The summed E-state index contributed by atoms with van der Waals surface area (Å²) < 4.78 is 29.8. The zero-order chi connectivity index (χ0) is 64.0. The Labute approximate surface area is 527 Å². The third-order valence-electron chi connectivity index (χ3n) is 14.3. The molecule has 0 aromatic rings. The predicted molar refractivity (Wildman–Crippen MR) is 329 cm³/mol. The SMILES string of the molecule is C=C(C)C(=O)NCCC[N+](C)(C)C.CCC(CO)OC(CO)C(CC)CO.CCC(CO)OC(CO)C(CC)CO.CCC(COCC(C)C(=O)NCCC[N+](C)(C)C)OC(CO)C(CC)CO.[2HH].[2HH].[CH2+]CC1OC(CO)C(CC)C(O)C1O.[Cl-].[Cl-].[H+].[H+]. The minimum Gasteiger partial charge on any atom is -1.00 e. The van der Waals surface area contributed by atoms with Gasteiger partial charge in [0.2, 0.25) is 11.8 Å². The first-order chi connectivity index (χ1) is 38.6. The van der Waals surface area contributed by atoms with Gasteiger partial charge in [0.05, 0.1) is 170 Å². The normalized spacial score (nSPS) is 20.3. The van der Waals surface area contributed by atoms with Gasteiger partial charge in [-0.15, -0.1) is 0 Å². The Kier molecular flexibility index (Phi) is 63.1. The molecule has 84 heavy (non-hydrogen) atoms. The number of carbonyl (C=O) groups excluding carboxylic acids is 2. The van der Waals surface area contributed by atoms with Gasteiger partial charge in [-0.1, -0.05) is 62.0 Å². The zero-order valence-corrected chi connectivity index (χ0v) is 56.2. The van der Waals surface area contributed by atoms with Gasteiger partial charge in [-0.3, -0.25) is 9.59 Å². The van der Waals surface area contributed by atoms with Crippen molar-refractivity contribution in [1.29, 1.82) is 0 Å². The van der Waals surface area contributed by atoms with Gasteiger partial charge in [0, 0.05) is 77.8 Å². The second-order valence-corrected chi connectivity index (χ2v) is 23.3. The van der Waals surface area contributed by atoms with Crippen molar-refractivity contribution in [2.75, 3.05) is 141 Å². The van der Waals surface area contributed by atoms with Crippen molar-refractivity contribution in [2.45, 2.75) is 188 Å². The molecule has 0 bridgehead atoms. The second kappa shape index (κ2) is 56.6. The van der Waals surface area contributed by atoms with Crippen LogP contribution in [0.25, 0.3) is 0 Å². The number of carbonyl (C=O) groups is 2. The maximum Gasteiger partial charge on any atom is 1.00 e. The molecule has 1 saturated heterocycles. The van der Waals surface area contributed by atoms with Crippen LogP contribution in [0.3, 0.4) is 0 Å². The van der Waals surface area contributed by atoms with E-state index in [1.165, 1.54) is 0 Å². The molecule has 1 aliphatic rings. The van der Waals surface area contributed by atoms with E-state index in [2.05, 4.69) is 66.4 Å². The van der Waals surface area contributed by atoms with E-state index in [1.54, 1.807) is 6.92 Å². The summed E-state index contributed by atoms with van der Waals surface area (Å²) in [5.41, 5.74) is 0.574. The van der Waals surface area contributed by atoms with E-state index < -0.39 is 24.4 Å². The Balaban J connectivity index is -0.000000110. The molecule has 1 rings (SSSR count). The Bertz CT molecular complexity index is 1480. The number of aliphatic hydroxyl groups is 11. The van der Waals surface area contributed by atoms with Gasteiger partial charge in [-0.05, 0) is 51.9 Å². The van der Waals surface area contributed by atoms with Crippen LogP contribution < -0.4 is 35.4 Å². The lowest BCUT2D eigenvalue weighted by molar-refractivity contribution is -0.870. The summed E-state index contributed by atoms with van der Waals surface area (Å²) in [7, 11) is 12.8. The van der Waals surface area contributed by atoms with E-state index in [1.807, 2.05) is 55.4 Å². The van der Waals surface area contributed by atoms with E-state index in [9.17, 15) is 30.0 Å². The molecular formula is C60H133Cl2N4O18+3. The van der Waals surface area contributed by atoms with Gasteiger partial charge in [0.1, 0.15) is 18.6 Å². The lowest BCUT2D eigenvalue weighted by Gasteiger charge is -2.40. The Hall–Kier alpha value is -1.59. The number of ether oxygens (including phenoxy) is 5. The van der Waals surface area contributed by atoms with Crippen molar-refractivity contribution in [2.24, 2.45) is 29.6 Å². The molecule has 0 aliphatic carbocycles. The van der Waals surface area contributed by atoms with Crippen molar-refractivity contribution in [3.8, 4) is 0 Å². The number of nitrogens with one attached hydrogen (secondary N) is 2. The first-order valence-corrected chi connectivity index (χ1v) is 30.3. The average molecular weight is 1270 g/mol. The topological polar surface area (TPSA) is 327 Å². The van der Waals surface area contributed by atoms with Crippen molar-refractivity contribution < 1.29 is 129 Å². The zero-order valence-electron chi connectivity index (χ0n) is 56.7. The summed E-state index contributed by atoms with van der Waals surface area (Å²) in [5, 5.41) is 107. The molecule has 2 amide bonds. The molecule has 0 saturated carbocycles. The van der Waals surface area contributed by atoms with Crippen LogP contribution in [0.2, 0.25) is 0 Å². The predicted octanol–water partition coefficient (Wildman–Crippen LogP) is -3.45. The van der Waals surface area contributed by atoms with E-state index >= 15 is 0 Å². The monoisotopic (exact) mass is 1270 g/mol. The van der Waals surface area contributed by atoms with Gasteiger partial charge in [-0.2, -0.15) is 0 Å². The highest BCUT2D eigenvalue weighted by Crippen LogP contribution is 2.29. The third-order valence-corrected chi connectivity index (χ3v) is 14.3. The number of rotatable bonds is 40. The number of aliphatic hydroxyl groups excluding tert-OH is 11. The summed E-state index contributed by atoms with van der Waals surface area (Å²) in [6, 6.07) is 0. The largest absolute Gasteiger partial charge is 1.00 e. The van der Waals surface area contributed by atoms with Gasteiger partial charge in [-0.25, -0.2) is 0 Å². The lowest BCUT2D eigenvalue weighted by atomic mass is 9.84. The fourth-order valence-corrected chi connectivity index (χ4v) is 8.29. The Morgan fingerprint density at radius 1 is 0.583 bits per heavy atom. The maximum atomic E-state index is 12.1. The number of hydrogen-bond donors (Lipinski definition) is 13. The Morgan fingerprint density at radius 2 is 0.964 bits per heavy atom. The van der Waals surface area contributed by atoms with Crippen LogP contribution in [0.15, 0.2) is 12.2 Å². The van der Waals surface area contributed by atoms with Crippen molar-refractivity contribution >= 4 is 11.8 Å². The average Bonchev–Trinajstić information content (AvgIpc) is 3.45. The van der Waals surface area contributed by atoms with Crippen molar-refractivity contribution in [3.05, 3.63) is 19.1 Å². The highest BCUT2D eigenvalue weighted by atomic mass is 35.5. The van der Waals surface area contributed by atoms with Gasteiger partial charge in [0.25, 0.3) is 0 Å². The van der Waals surface area contributed by atoms with Crippen LogP contribution in [-0.2, 0) is 33.3 Å². The lowest BCUT2D eigenvalue weighted by Crippen LogP contribution is -3.00. The molecule has 22 nitrogen and oxygen atoms in total. The highest BCUT2D eigenvalue weighted by molar-refractivity contribution is 5.92. The van der Waals surface area contributed by atoms with Gasteiger partial charge >= 0.3 is 2.85 Å². The molecule has 1 heterocycles. The number of nitrogens with zero attached hydrogens (tertiary/aromatic N) is 2. The molecule has 0 aromatic heterocycles. The molecule has 512 valence electrons. The van der Waals surface area contributed by atoms with Crippen LogP contribution in [-0.4, -0.2) is 279 Å². The number of halogens is 2. The molecule has 1 fully saturated rings. The van der Waals surface area contributed by atoms with Crippen LogP contribution in [0.1, 0.15) is 132 Å². The summed E-state index contributed by atoms with van der Waals surface area (Å²) in [6.45, 7) is 27.9. The molecule has 13 N–H and O–H groups in total. The fraction of sp³-hybridized carbons (Fsp3) is 0.917. The molecule has 24 heteroatoms. The molecule has 0 spiro atoms. The fourth-order valence-electron chi connectivity index (χ4n) is 8.29. The minimum atomic E-state index is -0.889. The maximum absolute atomic E-state index is 12.1.